The molecule has 0 unspecified atom stereocenters. The fraction of sp³-hybridized carbons (Fsp3) is 1.00. The van der Waals surface area contributed by atoms with Crippen LogP contribution in [-0.2, 0) is 9.16 Å². The maximum Gasteiger partial charge on any atom is 0.191 e. The smallest absolute Gasteiger partial charge is 0.191 e. The lowest BCUT2D eigenvalue weighted by Gasteiger charge is -2.36. The Morgan fingerprint density at radius 1 is 1.33 bits per heavy atom. The van der Waals surface area contributed by atoms with Crippen molar-refractivity contribution in [2.45, 2.75) is 70.9 Å². The molecule has 1 aliphatic rings. The van der Waals surface area contributed by atoms with Crippen LogP contribution in [-0.4, -0.2) is 38.8 Å². The average Bonchev–Trinajstić information content (AvgIpc) is 3.01. The zero-order chi connectivity index (χ0) is 14.0. The maximum atomic E-state index is 8.95. The molecular weight excluding hydrogens is 244 g/mol. The van der Waals surface area contributed by atoms with Crippen molar-refractivity contribution >= 4 is 8.32 Å². The van der Waals surface area contributed by atoms with E-state index in [4.69, 9.17) is 14.3 Å². The highest BCUT2D eigenvalue weighted by Crippen LogP contribution is 2.37. The van der Waals surface area contributed by atoms with Gasteiger partial charge in [-0.1, -0.05) is 27.7 Å². The SMILES string of the molecule is C[C@H](CCCO[Si](C)(C)C(C)(C)C)[C@@H]1O[C@H]1CO. The van der Waals surface area contributed by atoms with Gasteiger partial charge in [0, 0.05) is 6.61 Å². The lowest BCUT2D eigenvalue weighted by molar-refractivity contribution is 0.235. The van der Waals surface area contributed by atoms with Crippen LogP contribution < -0.4 is 0 Å². The van der Waals surface area contributed by atoms with E-state index >= 15 is 0 Å². The van der Waals surface area contributed by atoms with E-state index in [0.717, 1.165) is 19.4 Å². The van der Waals surface area contributed by atoms with Gasteiger partial charge >= 0.3 is 0 Å². The molecule has 1 heterocycles. The van der Waals surface area contributed by atoms with Crippen LogP contribution in [0.5, 0.6) is 0 Å². The summed E-state index contributed by atoms with van der Waals surface area (Å²) in [5, 5.41) is 9.24. The normalized spacial score (nSPS) is 26.2. The van der Waals surface area contributed by atoms with Crippen LogP contribution in [0.2, 0.25) is 18.1 Å². The molecule has 0 radical (unpaired) electrons. The number of aliphatic hydroxyl groups is 1. The van der Waals surface area contributed by atoms with E-state index in [0.29, 0.717) is 11.0 Å². The van der Waals surface area contributed by atoms with E-state index in [2.05, 4.69) is 40.8 Å². The first-order valence-electron chi connectivity index (χ1n) is 7.09. The van der Waals surface area contributed by atoms with Crippen molar-refractivity contribution in [2.24, 2.45) is 5.92 Å². The first-order valence-corrected chi connectivity index (χ1v) is 10.00. The third-order valence-electron chi connectivity index (χ3n) is 4.44. The molecule has 1 N–H and O–H groups in total. The average molecular weight is 274 g/mol. The maximum absolute atomic E-state index is 8.95. The second kappa shape index (κ2) is 6.03. The van der Waals surface area contributed by atoms with Gasteiger partial charge in [-0.05, 0) is 36.9 Å². The van der Waals surface area contributed by atoms with Crippen molar-refractivity contribution in [3.63, 3.8) is 0 Å². The minimum atomic E-state index is -1.58. The second-order valence-corrected chi connectivity index (χ2v) is 11.9. The van der Waals surface area contributed by atoms with Crippen molar-refractivity contribution in [1.82, 2.24) is 0 Å². The van der Waals surface area contributed by atoms with E-state index in [1.807, 2.05) is 0 Å². The lowest BCUT2D eigenvalue weighted by atomic mass is 10.0. The van der Waals surface area contributed by atoms with Crippen molar-refractivity contribution < 1.29 is 14.3 Å². The van der Waals surface area contributed by atoms with E-state index in [1.54, 1.807) is 0 Å². The van der Waals surface area contributed by atoms with Crippen molar-refractivity contribution in [3.05, 3.63) is 0 Å². The lowest BCUT2D eigenvalue weighted by Crippen LogP contribution is -2.41. The summed E-state index contributed by atoms with van der Waals surface area (Å²) >= 11 is 0. The van der Waals surface area contributed by atoms with Crippen LogP contribution in [0.1, 0.15) is 40.5 Å². The minimum absolute atomic E-state index is 0.0984. The first kappa shape index (κ1) is 16.2. The number of epoxide rings is 1. The van der Waals surface area contributed by atoms with Gasteiger partial charge < -0.3 is 14.3 Å². The number of rotatable bonds is 7. The molecule has 18 heavy (non-hydrogen) atoms. The van der Waals surface area contributed by atoms with Crippen LogP contribution in [0, 0.1) is 5.92 Å². The Morgan fingerprint density at radius 2 is 1.94 bits per heavy atom. The first-order chi connectivity index (χ1) is 8.19. The molecule has 4 heteroatoms. The highest BCUT2D eigenvalue weighted by molar-refractivity contribution is 6.74. The van der Waals surface area contributed by atoms with Gasteiger partial charge in [-0.25, -0.2) is 0 Å². The quantitative estimate of drug-likeness (QED) is 0.440. The minimum Gasteiger partial charge on any atom is -0.417 e. The molecule has 0 bridgehead atoms. The molecule has 1 rings (SSSR count). The zero-order valence-electron chi connectivity index (χ0n) is 12.8. The monoisotopic (exact) mass is 274 g/mol. The number of hydrogen-bond donors (Lipinski definition) is 1. The van der Waals surface area contributed by atoms with Crippen molar-refractivity contribution in [1.29, 1.82) is 0 Å². The van der Waals surface area contributed by atoms with Crippen molar-refractivity contribution in [3.8, 4) is 0 Å². The molecule has 3 nitrogen and oxygen atoms in total. The number of ether oxygens (including phenoxy) is 1. The van der Waals surface area contributed by atoms with E-state index in [-0.39, 0.29) is 18.8 Å². The highest BCUT2D eigenvalue weighted by Gasteiger charge is 2.42. The van der Waals surface area contributed by atoms with Gasteiger partial charge in [-0.15, -0.1) is 0 Å². The van der Waals surface area contributed by atoms with Crippen LogP contribution >= 0.6 is 0 Å². The van der Waals surface area contributed by atoms with Gasteiger partial charge in [0.05, 0.1) is 12.7 Å². The van der Waals surface area contributed by atoms with Crippen molar-refractivity contribution in [2.75, 3.05) is 13.2 Å². The molecule has 1 aliphatic heterocycles. The molecule has 1 saturated heterocycles. The molecule has 0 aromatic rings. The molecule has 1 fully saturated rings. The second-order valence-electron chi connectivity index (χ2n) is 7.05. The summed E-state index contributed by atoms with van der Waals surface area (Å²) in [6, 6.07) is 0. The summed E-state index contributed by atoms with van der Waals surface area (Å²) in [6.45, 7) is 14.6. The van der Waals surface area contributed by atoms with Crippen LogP contribution in [0.15, 0.2) is 0 Å². The van der Waals surface area contributed by atoms with Crippen LogP contribution in [0.25, 0.3) is 0 Å². The molecule has 0 spiro atoms. The third kappa shape index (κ3) is 4.33. The molecule has 0 saturated carbocycles. The molecule has 0 aromatic heterocycles. The van der Waals surface area contributed by atoms with E-state index in [1.165, 1.54) is 0 Å². The molecule has 108 valence electrons. The summed E-state index contributed by atoms with van der Waals surface area (Å²) in [7, 11) is -1.58. The van der Waals surface area contributed by atoms with Gasteiger partial charge in [0.25, 0.3) is 0 Å². The molecular formula is C14H30O3Si. The zero-order valence-corrected chi connectivity index (χ0v) is 13.8. The summed E-state index contributed by atoms with van der Waals surface area (Å²) in [5.74, 6) is 0.533. The Bertz CT molecular complexity index is 260. The Balaban J connectivity index is 2.16. The van der Waals surface area contributed by atoms with Gasteiger partial charge in [-0.2, -0.15) is 0 Å². The molecule has 0 aliphatic carbocycles. The number of aliphatic hydroxyl groups excluding tert-OH is 1. The van der Waals surface area contributed by atoms with E-state index < -0.39 is 8.32 Å². The third-order valence-corrected chi connectivity index (χ3v) is 8.97. The van der Waals surface area contributed by atoms with Gasteiger partial charge in [0.15, 0.2) is 8.32 Å². The fourth-order valence-electron chi connectivity index (χ4n) is 1.92. The Morgan fingerprint density at radius 3 is 2.39 bits per heavy atom. The Hall–Kier alpha value is 0.0969. The summed E-state index contributed by atoms with van der Waals surface area (Å²) in [5.41, 5.74) is 0. The summed E-state index contributed by atoms with van der Waals surface area (Å²) in [6.07, 6.45) is 2.59. The van der Waals surface area contributed by atoms with Crippen LogP contribution in [0.4, 0.5) is 0 Å². The predicted octanol–water partition coefficient (Wildman–Crippen LogP) is 3.18. The summed E-state index contributed by atoms with van der Waals surface area (Å²) < 4.78 is 11.5. The largest absolute Gasteiger partial charge is 0.417 e. The molecule has 0 aromatic carbocycles. The topological polar surface area (TPSA) is 42.0 Å². The summed E-state index contributed by atoms with van der Waals surface area (Å²) in [4.78, 5) is 0. The van der Waals surface area contributed by atoms with E-state index in [9.17, 15) is 0 Å². The van der Waals surface area contributed by atoms with Crippen LogP contribution in [0.3, 0.4) is 0 Å². The number of hydrogen-bond acceptors (Lipinski definition) is 3. The Labute approximate surface area is 113 Å². The van der Waals surface area contributed by atoms with Gasteiger partial charge in [0.1, 0.15) is 6.10 Å². The standard InChI is InChI=1S/C14H30O3Si/c1-11(13-12(10-15)17-13)8-7-9-16-18(5,6)14(2,3)4/h11-13,15H,7-10H2,1-6H3/t11-,12+,13+/m1/s1. The predicted molar refractivity (Wildman–Crippen MR) is 77.3 cm³/mol. The molecule has 3 atom stereocenters. The molecule has 0 amide bonds. The highest BCUT2D eigenvalue weighted by atomic mass is 28.4. The van der Waals surface area contributed by atoms with Gasteiger partial charge in [0.2, 0.25) is 0 Å². The fourth-order valence-corrected chi connectivity index (χ4v) is 3.01. The van der Waals surface area contributed by atoms with Gasteiger partial charge in [-0.3, -0.25) is 0 Å². The Kier molecular flexibility index (Phi) is 5.41.